The predicted molar refractivity (Wildman–Crippen MR) is 211 cm³/mol. The van der Waals surface area contributed by atoms with E-state index >= 15 is 0 Å². The minimum atomic E-state index is -0.989. The van der Waals surface area contributed by atoms with Crippen LogP contribution in [0.5, 0.6) is 11.5 Å². The molecule has 16 heteroatoms. The van der Waals surface area contributed by atoms with Crippen molar-refractivity contribution < 1.29 is 43.0 Å². The van der Waals surface area contributed by atoms with E-state index in [1.165, 1.54) is 42.3 Å². The summed E-state index contributed by atoms with van der Waals surface area (Å²) in [6.07, 6.45) is 6.87. The van der Waals surface area contributed by atoms with Gasteiger partial charge in [0, 0.05) is 76.4 Å². The number of quaternary nitrogens is 1. The van der Waals surface area contributed by atoms with E-state index < -0.39 is 35.2 Å². The van der Waals surface area contributed by atoms with Gasteiger partial charge in [-0.1, -0.05) is 6.07 Å². The average molecular weight is 796 g/mol. The first-order valence-corrected chi connectivity index (χ1v) is 20.7. The van der Waals surface area contributed by atoms with Gasteiger partial charge in [0.1, 0.15) is 17.7 Å². The molecule has 2 spiro atoms. The Morgan fingerprint density at radius 2 is 1.91 bits per heavy atom. The largest absolute Gasteiger partial charge is 0.482 e. The van der Waals surface area contributed by atoms with Crippen molar-refractivity contribution in [2.75, 3.05) is 60.5 Å². The van der Waals surface area contributed by atoms with E-state index in [4.69, 9.17) is 25.7 Å². The fourth-order valence-corrected chi connectivity index (χ4v) is 12.0. The van der Waals surface area contributed by atoms with E-state index in [2.05, 4.69) is 34.1 Å². The van der Waals surface area contributed by atoms with Gasteiger partial charge in [-0.05, 0) is 70.4 Å². The molecule has 0 radical (unpaired) electrons. The highest BCUT2D eigenvalue weighted by atomic mass is 16.6. The van der Waals surface area contributed by atoms with Crippen LogP contribution in [0.3, 0.4) is 0 Å². The number of benzene rings is 1. The normalized spacial score (nSPS) is 31.9. The van der Waals surface area contributed by atoms with E-state index in [1.54, 1.807) is 14.2 Å². The Bertz CT molecular complexity index is 1810. The Morgan fingerprint density at radius 3 is 2.58 bits per heavy atom. The third-order valence-corrected chi connectivity index (χ3v) is 14.6. The Hall–Kier alpha value is -4.15. The number of aliphatic imine (C=N–C) groups is 1. The third-order valence-electron chi connectivity index (χ3n) is 14.6. The van der Waals surface area contributed by atoms with Crippen LogP contribution >= 0.6 is 0 Å². The summed E-state index contributed by atoms with van der Waals surface area (Å²) in [7, 11) is 5.84. The smallest absolute Gasteiger partial charge is 0.415 e. The number of aliphatic hydroxyl groups is 1. The highest BCUT2D eigenvalue weighted by molar-refractivity contribution is 5.89. The molecular formula is C41H63N8O8+. The van der Waals surface area contributed by atoms with E-state index in [1.807, 2.05) is 19.9 Å². The highest BCUT2D eigenvalue weighted by Gasteiger charge is 2.84. The number of fused-ring (bicyclic) bond motifs is 2. The van der Waals surface area contributed by atoms with Crippen LogP contribution in [0.4, 0.5) is 4.79 Å². The van der Waals surface area contributed by atoms with Crippen molar-refractivity contribution in [1.82, 2.24) is 20.9 Å². The van der Waals surface area contributed by atoms with Crippen molar-refractivity contribution in [2.24, 2.45) is 33.7 Å². The second-order valence-corrected chi connectivity index (χ2v) is 18.5. The molecule has 5 fully saturated rings. The quantitative estimate of drug-likeness (QED) is 0.0605. The third kappa shape index (κ3) is 6.98. The number of likely N-dealkylation sites (N-methyl/N-ethyl adjacent to an activating group) is 2. The van der Waals surface area contributed by atoms with Gasteiger partial charge >= 0.3 is 6.09 Å². The zero-order valence-electron chi connectivity index (χ0n) is 34.4. The summed E-state index contributed by atoms with van der Waals surface area (Å²) in [4.78, 5) is 56.0. The van der Waals surface area contributed by atoms with Crippen molar-refractivity contribution in [1.29, 1.82) is 0 Å². The van der Waals surface area contributed by atoms with E-state index in [0.717, 1.165) is 49.0 Å². The summed E-state index contributed by atoms with van der Waals surface area (Å²) < 4.78 is 21.0. The molecule has 57 heavy (non-hydrogen) atoms. The van der Waals surface area contributed by atoms with Crippen LogP contribution in [-0.4, -0.2) is 134 Å². The van der Waals surface area contributed by atoms with Gasteiger partial charge in [-0.2, -0.15) is 0 Å². The number of guanidine groups is 1. The topological polar surface area (TPSA) is 220 Å². The van der Waals surface area contributed by atoms with Crippen molar-refractivity contribution >= 4 is 29.8 Å². The number of nitrogens with one attached hydrogen (secondary N) is 3. The number of carbonyl (C=O) groups is 4. The van der Waals surface area contributed by atoms with Crippen molar-refractivity contribution in [3.63, 3.8) is 0 Å². The summed E-state index contributed by atoms with van der Waals surface area (Å²) in [6, 6.07) is 3.46. The Balaban J connectivity index is 1.08. The maximum atomic E-state index is 13.7. The van der Waals surface area contributed by atoms with Crippen LogP contribution in [0.25, 0.3) is 0 Å². The second kappa shape index (κ2) is 14.9. The minimum absolute atomic E-state index is 0.0720. The molecule has 1 aromatic carbocycles. The molecule has 5 aliphatic carbocycles. The molecule has 8 N–H and O–H groups in total. The molecule has 7 aliphatic rings. The molecule has 8 rings (SSSR count). The standard InChI is InChI=1S/C41H62N8O8/c1-24(50)46-22-31(51)47-27(8-7-16-45-36(42)43)34(52)44-17-18-48(4)37(53)56-28-12-11-26-20-30-39-13-14-41(55-6,29(21-39)38(2,3)54)35-40(39,32(26)33(28)57-35)15-19-49(30,5)23-25-9-10-25/h11-12,25,27,29-30,35,54H,7-10,13-23H2,1-6H3,(H6-,42,43,44,45,46,47,50,51,52)/p+1/t27-,29+,30+,35+,39+,40-,41+,49?/m0/s1. The van der Waals surface area contributed by atoms with Gasteiger partial charge in [-0.25, -0.2) is 4.79 Å². The van der Waals surface area contributed by atoms with Gasteiger partial charge in [0.25, 0.3) is 0 Å². The molecular weight excluding hydrogens is 732 g/mol. The predicted octanol–water partition coefficient (Wildman–Crippen LogP) is 1.05. The number of piperidine rings is 1. The second-order valence-electron chi connectivity index (χ2n) is 18.5. The van der Waals surface area contributed by atoms with Crippen molar-refractivity contribution in [2.45, 2.75) is 113 Å². The molecule has 16 nitrogen and oxygen atoms in total. The summed E-state index contributed by atoms with van der Waals surface area (Å²) in [5, 5.41) is 19.7. The Kier molecular flexibility index (Phi) is 10.7. The number of nitrogens with zero attached hydrogens (tertiary/aromatic N) is 3. The molecule has 4 saturated carbocycles. The number of nitrogens with two attached hydrogens (primary N) is 2. The average Bonchev–Trinajstić information content (AvgIpc) is 3.89. The SMILES string of the molecule is CO[C@]12CC[C@@]3(C[C@@H]1C(C)(C)O)[C@H]1Cc4ccc(OC(=O)N(C)CCNC(=O)[C@H](CCCN=C(N)N)NC(=O)CNC(C)=O)c5c4[C@@]3(CC[N+]1(C)CC1CC1)[C@H]2O5. The van der Waals surface area contributed by atoms with Gasteiger partial charge < -0.3 is 56.1 Å². The maximum absolute atomic E-state index is 13.7. The molecule has 1 saturated heterocycles. The highest BCUT2D eigenvalue weighted by Crippen LogP contribution is 2.78. The number of hydrogen-bond acceptors (Lipinski definition) is 9. The number of likely N-dealkylation sites (tertiary alicyclic amines) is 1. The Labute approximate surface area is 335 Å². The van der Waals surface area contributed by atoms with Gasteiger partial charge in [0.15, 0.2) is 17.5 Å². The van der Waals surface area contributed by atoms with Crippen molar-refractivity contribution in [3.8, 4) is 11.5 Å². The first kappa shape index (κ1) is 41.0. The lowest BCUT2D eigenvalue weighted by molar-refractivity contribution is -0.952. The van der Waals surface area contributed by atoms with Gasteiger partial charge in [-0.3, -0.25) is 19.4 Å². The Morgan fingerprint density at radius 1 is 1.16 bits per heavy atom. The fraction of sp³-hybridized carbons (Fsp3) is 0.732. The van der Waals surface area contributed by atoms with Gasteiger partial charge in [0.05, 0.1) is 43.7 Å². The molecule has 2 heterocycles. The van der Waals surface area contributed by atoms with Crippen LogP contribution in [-0.2, 0) is 31.0 Å². The number of methoxy groups -OCH3 is 1. The lowest BCUT2D eigenvalue weighted by atomic mass is 9.33. The molecule has 4 bridgehead atoms. The minimum Gasteiger partial charge on any atom is -0.482 e. The van der Waals surface area contributed by atoms with Crippen LogP contribution in [0.1, 0.15) is 83.3 Å². The summed E-state index contributed by atoms with van der Waals surface area (Å²) >= 11 is 0. The number of hydrogen-bond donors (Lipinski definition) is 6. The first-order valence-electron chi connectivity index (χ1n) is 20.7. The van der Waals surface area contributed by atoms with Crippen molar-refractivity contribution in [3.05, 3.63) is 23.3 Å². The van der Waals surface area contributed by atoms with Crippen LogP contribution in [0, 0.1) is 17.3 Å². The van der Waals surface area contributed by atoms with Gasteiger partial charge in [0.2, 0.25) is 17.7 Å². The van der Waals surface area contributed by atoms with Crippen LogP contribution in [0.2, 0.25) is 0 Å². The molecule has 314 valence electrons. The van der Waals surface area contributed by atoms with Gasteiger partial charge in [-0.15, -0.1) is 0 Å². The fourth-order valence-electron chi connectivity index (χ4n) is 12.0. The molecule has 1 unspecified atom stereocenters. The number of carbonyl (C=O) groups excluding carboxylic acids is 4. The zero-order valence-corrected chi connectivity index (χ0v) is 34.4. The molecule has 2 aliphatic heterocycles. The number of ether oxygens (including phenoxy) is 3. The number of amides is 4. The van der Waals surface area contributed by atoms with Crippen LogP contribution < -0.4 is 36.9 Å². The molecule has 1 aromatic rings. The van der Waals surface area contributed by atoms with E-state index in [-0.39, 0.29) is 67.3 Å². The van der Waals surface area contributed by atoms with E-state index in [0.29, 0.717) is 24.0 Å². The summed E-state index contributed by atoms with van der Waals surface area (Å²) in [5.41, 5.74) is 11.1. The summed E-state index contributed by atoms with van der Waals surface area (Å²) in [5.74, 6) is 0.210. The lowest BCUT2D eigenvalue weighted by Gasteiger charge is -2.75. The monoisotopic (exact) mass is 795 g/mol. The molecule has 4 amide bonds. The lowest BCUT2D eigenvalue weighted by Crippen LogP contribution is -2.84. The van der Waals surface area contributed by atoms with Crippen LogP contribution in [0.15, 0.2) is 17.1 Å². The maximum Gasteiger partial charge on any atom is 0.415 e. The number of rotatable bonds is 16. The van der Waals surface area contributed by atoms with E-state index in [9.17, 15) is 24.3 Å². The summed E-state index contributed by atoms with van der Waals surface area (Å²) in [6.45, 7) is 7.57. The molecule has 8 atom stereocenters. The zero-order chi connectivity index (χ0) is 41.1. The first-order chi connectivity index (χ1) is 26.9. The molecule has 0 aromatic heterocycles.